The molecule has 0 spiro atoms. The van der Waals surface area contributed by atoms with Gasteiger partial charge in [-0.15, -0.1) is 12.6 Å². The number of aryl methyl sites for hydroxylation is 3. The molecule has 3 rings (SSSR count). The van der Waals surface area contributed by atoms with Gasteiger partial charge in [0.15, 0.2) is 0 Å². The standard InChI is InChI=1S/C9H9BrN2.C7H8S.C2H6/c1-5-6(2)12-9-8(5)3-7(10)4-11-9;1-6-2-4-7(8)5-3-6;1-2/h3-4H,1-2H3,(H,11,12);2-5,8H,1H3;1-2H3. The van der Waals surface area contributed by atoms with Gasteiger partial charge in [-0.1, -0.05) is 31.5 Å². The van der Waals surface area contributed by atoms with Crippen LogP contribution in [0.1, 0.15) is 30.7 Å². The number of pyridine rings is 1. The van der Waals surface area contributed by atoms with Crippen LogP contribution in [-0.4, -0.2) is 9.97 Å². The molecule has 0 aliphatic carbocycles. The minimum absolute atomic E-state index is 0.966. The summed E-state index contributed by atoms with van der Waals surface area (Å²) < 4.78 is 1.03. The molecule has 0 aliphatic rings. The molecule has 0 atom stereocenters. The van der Waals surface area contributed by atoms with Crippen molar-refractivity contribution < 1.29 is 0 Å². The molecule has 3 aromatic rings. The molecule has 0 bridgehead atoms. The second-order valence-electron chi connectivity index (χ2n) is 4.76. The summed E-state index contributed by atoms with van der Waals surface area (Å²) in [5.41, 5.74) is 4.71. The van der Waals surface area contributed by atoms with Crippen molar-refractivity contribution in [3.63, 3.8) is 0 Å². The molecule has 4 heteroatoms. The maximum atomic E-state index is 4.26. The number of H-pyrrole nitrogens is 1. The summed E-state index contributed by atoms with van der Waals surface area (Å²) in [5, 5.41) is 1.20. The molecule has 0 saturated heterocycles. The molecule has 118 valence electrons. The molecule has 0 fully saturated rings. The van der Waals surface area contributed by atoms with Gasteiger partial charge in [0.2, 0.25) is 0 Å². The summed E-state index contributed by atoms with van der Waals surface area (Å²) in [4.78, 5) is 8.51. The van der Waals surface area contributed by atoms with E-state index in [2.05, 4.69) is 65.4 Å². The normalized spacial score (nSPS) is 9.59. The van der Waals surface area contributed by atoms with E-state index < -0.39 is 0 Å². The van der Waals surface area contributed by atoms with Gasteiger partial charge in [0.25, 0.3) is 0 Å². The Bertz CT molecular complexity index is 697. The molecule has 22 heavy (non-hydrogen) atoms. The minimum Gasteiger partial charge on any atom is -0.343 e. The Morgan fingerprint density at radius 2 is 1.64 bits per heavy atom. The summed E-state index contributed by atoms with van der Waals surface area (Å²) in [6, 6.07) is 10.1. The fourth-order valence-corrected chi connectivity index (χ4v) is 2.32. The lowest BCUT2D eigenvalue weighted by atomic mass is 10.2. The van der Waals surface area contributed by atoms with Gasteiger partial charge in [-0.2, -0.15) is 0 Å². The number of halogens is 1. The zero-order chi connectivity index (χ0) is 16.7. The third-order valence-electron chi connectivity index (χ3n) is 3.16. The van der Waals surface area contributed by atoms with E-state index in [-0.39, 0.29) is 0 Å². The van der Waals surface area contributed by atoms with Crippen LogP contribution in [0, 0.1) is 20.8 Å². The average molecular weight is 379 g/mol. The third-order valence-corrected chi connectivity index (χ3v) is 3.89. The highest BCUT2D eigenvalue weighted by Gasteiger charge is 2.04. The van der Waals surface area contributed by atoms with Gasteiger partial charge in [0.05, 0.1) is 0 Å². The molecule has 0 unspecified atom stereocenters. The number of benzene rings is 1. The van der Waals surface area contributed by atoms with E-state index in [1.807, 2.05) is 38.1 Å². The average Bonchev–Trinajstić information content (AvgIpc) is 2.80. The van der Waals surface area contributed by atoms with Crippen LogP contribution in [0.4, 0.5) is 0 Å². The molecule has 2 nitrogen and oxygen atoms in total. The van der Waals surface area contributed by atoms with Crippen molar-refractivity contribution in [1.29, 1.82) is 0 Å². The summed E-state index contributed by atoms with van der Waals surface area (Å²) >= 11 is 7.53. The maximum Gasteiger partial charge on any atom is 0.137 e. The Balaban J connectivity index is 0.000000211. The van der Waals surface area contributed by atoms with Gasteiger partial charge >= 0.3 is 0 Å². The molecule has 1 aromatic carbocycles. The van der Waals surface area contributed by atoms with E-state index in [0.717, 1.165) is 15.0 Å². The zero-order valence-corrected chi connectivity index (χ0v) is 16.2. The highest BCUT2D eigenvalue weighted by atomic mass is 79.9. The first-order valence-electron chi connectivity index (χ1n) is 7.33. The van der Waals surface area contributed by atoms with Crippen LogP contribution in [0.3, 0.4) is 0 Å². The summed E-state index contributed by atoms with van der Waals surface area (Å²) in [5.74, 6) is 0. The smallest absolute Gasteiger partial charge is 0.137 e. The SMILES string of the molecule is CC.Cc1[nH]c2ncc(Br)cc2c1C.Cc1ccc(S)cc1. The lowest BCUT2D eigenvalue weighted by Gasteiger charge is -1.91. The van der Waals surface area contributed by atoms with Crippen molar-refractivity contribution in [2.45, 2.75) is 39.5 Å². The molecule has 2 heterocycles. The van der Waals surface area contributed by atoms with E-state index in [9.17, 15) is 0 Å². The van der Waals surface area contributed by atoms with E-state index in [1.165, 1.54) is 22.2 Å². The molecular formula is C18H23BrN2S. The highest BCUT2D eigenvalue weighted by Crippen LogP contribution is 2.22. The first kappa shape index (κ1) is 18.8. The Labute approximate surface area is 146 Å². The van der Waals surface area contributed by atoms with Gasteiger partial charge in [-0.05, 0) is 60.5 Å². The molecule has 0 amide bonds. The Morgan fingerprint density at radius 3 is 2.18 bits per heavy atom. The molecule has 2 aromatic heterocycles. The van der Waals surface area contributed by atoms with Crippen LogP contribution in [0.25, 0.3) is 11.0 Å². The van der Waals surface area contributed by atoms with E-state index in [0.29, 0.717) is 0 Å². The van der Waals surface area contributed by atoms with E-state index in [1.54, 1.807) is 6.20 Å². The number of rotatable bonds is 0. The second kappa shape index (κ2) is 9.01. The number of nitrogens with zero attached hydrogens (tertiary/aromatic N) is 1. The maximum absolute atomic E-state index is 4.26. The number of aromatic nitrogens is 2. The van der Waals surface area contributed by atoms with Crippen molar-refractivity contribution >= 4 is 39.6 Å². The molecule has 0 saturated carbocycles. The predicted octanol–water partition coefficient (Wildman–Crippen LogP) is 6.25. The van der Waals surface area contributed by atoms with Crippen LogP contribution >= 0.6 is 28.6 Å². The minimum atomic E-state index is 0.966. The van der Waals surface area contributed by atoms with E-state index in [4.69, 9.17) is 0 Å². The third kappa shape index (κ3) is 5.18. The van der Waals surface area contributed by atoms with Crippen molar-refractivity contribution in [3.05, 3.63) is 57.8 Å². The summed E-state index contributed by atoms with van der Waals surface area (Å²) in [7, 11) is 0. The lowest BCUT2D eigenvalue weighted by molar-refractivity contribution is 1.22. The summed E-state index contributed by atoms with van der Waals surface area (Å²) in [6.07, 6.45) is 1.80. The van der Waals surface area contributed by atoms with Gasteiger partial charge in [-0.3, -0.25) is 0 Å². The zero-order valence-electron chi connectivity index (χ0n) is 13.7. The Kier molecular flexibility index (Phi) is 7.69. The van der Waals surface area contributed by atoms with Crippen LogP contribution in [-0.2, 0) is 0 Å². The fourth-order valence-electron chi connectivity index (χ4n) is 1.84. The molecule has 1 N–H and O–H groups in total. The first-order valence-corrected chi connectivity index (χ1v) is 8.57. The van der Waals surface area contributed by atoms with Crippen LogP contribution < -0.4 is 0 Å². The van der Waals surface area contributed by atoms with Crippen LogP contribution in [0.2, 0.25) is 0 Å². The lowest BCUT2D eigenvalue weighted by Crippen LogP contribution is -1.75. The molecule has 0 radical (unpaired) electrons. The van der Waals surface area contributed by atoms with Gasteiger partial charge in [0.1, 0.15) is 5.65 Å². The van der Waals surface area contributed by atoms with Crippen molar-refractivity contribution in [2.75, 3.05) is 0 Å². The second-order valence-corrected chi connectivity index (χ2v) is 6.19. The quantitative estimate of drug-likeness (QED) is 0.444. The van der Waals surface area contributed by atoms with Crippen LogP contribution in [0.15, 0.2) is 45.9 Å². The number of fused-ring (bicyclic) bond motifs is 1. The van der Waals surface area contributed by atoms with Crippen LogP contribution in [0.5, 0.6) is 0 Å². The Morgan fingerprint density at radius 1 is 1.05 bits per heavy atom. The predicted molar refractivity (Wildman–Crippen MR) is 103 cm³/mol. The monoisotopic (exact) mass is 378 g/mol. The van der Waals surface area contributed by atoms with Crippen molar-refractivity contribution in [1.82, 2.24) is 9.97 Å². The van der Waals surface area contributed by atoms with E-state index >= 15 is 0 Å². The van der Waals surface area contributed by atoms with Gasteiger partial charge in [0, 0.05) is 26.6 Å². The number of aromatic amines is 1. The van der Waals surface area contributed by atoms with Gasteiger partial charge < -0.3 is 4.98 Å². The number of hydrogen-bond donors (Lipinski definition) is 2. The first-order chi connectivity index (χ1) is 10.5. The fraction of sp³-hybridized carbons (Fsp3) is 0.278. The van der Waals surface area contributed by atoms with Crippen molar-refractivity contribution in [2.24, 2.45) is 0 Å². The van der Waals surface area contributed by atoms with Crippen molar-refractivity contribution in [3.8, 4) is 0 Å². The highest BCUT2D eigenvalue weighted by molar-refractivity contribution is 9.10. The molecular weight excluding hydrogens is 356 g/mol. The van der Waals surface area contributed by atoms with Gasteiger partial charge in [-0.25, -0.2) is 4.98 Å². The topological polar surface area (TPSA) is 28.7 Å². The molecule has 0 aliphatic heterocycles. The Hall–Kier alpha value is -1.26. The summed E-state index contributed by atoms with van der Waals surface area (Å²) in [6.45, 7) is 10.2. The number of hydrogen-bond acceptors (Lipinski definition) is 2. The number of thiol groups is 1. The largest absolute Gasteiger partial charge is 0.343 e. The number of nitrogens with one attached hydrogen (secondary N) is 1.